The molecule has 0 spiro atoms. The number of benzene rings is 1. The standard InChI is InChI=1S/C16H19NOS/c1-12(9-15-6-4-8-19-15)17-11-14-10-13-5-2-3-7-16(13)18-14/h2-8,12,14,17H,9-11H2,1H3. The van der Waals surface area contributed by atoms with Gasteiger partial charge in [0.1, 0.15) is 11.9 Å². The maximum atomic E-state index is 5.93. The van der Waals surface area contributed by atoms with E-state index in [2.05, 4.69) is 48.0 Å². The van der Waals surface area contributed by atoms with Crippen LogP contribution in [0.5, 0.6) is 5.75 Å². The first kappa shape index (κ1) is 12.7. The summed E-state index contributed by atoms with van der Waals surface area (Å²) >= 11 is 1.83. The molecule has 2 nitrogen and oxygen atoms in total. The fourth-order valence-corrected chi connectivity index (χ4v) is 3.34. The molecule has 3 heteroatoms. The quantitative estimate of drug-likeness (QED) is 0.902. The van der Waals surface area contributed by atoms with E-state index in [1.807, 2.05) is 17.4 Å². The molecule has 1 aromatic heterocycles. The molecule has 2 aromatic rings. The van der Waals surface area contributed by atoms with E-state index in [-0.39, 0.29) is 6.10 Å². The zero-order chi connectivity index (χ0) is 13.1. The van der Waals surface area contributed by atoms with Gasteiger partial charge < -0.3 is 10.1 Å². The van der Waals surface area contributed by atoms with Crippen molar-refractivity contribution >= 4 is 11.3 Å². The molecule has 100 valence electrons. The molecular formula is C16H19NOS. The summed E-state index contributed by atoms with van der Waals surface area (Å²) in [6, 6.07) is 13.1. The molecule has 1 aliphatic rings. The Bertz CT molecular complexity index is 498. The van der Waals surface area contributed by atoms with E-state index in [0.29, 0.717) is 6.04 Å². The maximum Gasteiger partial charge on any atom is 0.123 e. The number of hydrogen-bond acceptors (Lipinski definition) is 3. The molecule has 0 fully saturated rings. The molecular weight excluding hydrogens is 254 g/mol. The highest BCUT2D eigenvalue weighted by Gasteiger charge is 2.22. The Morgan fingerprint density at radius 3 is 3.00 bits per heavy atom. The van der Waals surface area contributed by atoms with E-state index < -0.39 is 0 Å². The van der Waals surface area contributed by atoms with E-state index in [1.165, 1.54) is 10.4 Å². The number of nitrogens with one attached hydrogen (secondary N) is 1. The van der Waals surface area contributed by atoms with Crippen LogP contribution in [-0.2, 0) is 12.8 Å². The molecule has 1 N–H and O–H groups in total. The Morgan fingerprint density at radius 2 is 2.21 bits per heavy atom. The Balaban J connectivity index is 1.46. The van der Waals surface area contributed by atoms with Crippen LogP contribution < -0.4 is 10.1 Å². The largest absolute Gasteiger partial charge is 0.488 e. The van der Waals surface area contributed by atoms with Crippen molar-refractivity contribution in [2.75, 3.05) is 6.54 Å². The number of thiophene rings is 1. The summed E-state index contributed by atoms with van der Waals surface area (Å²) in [4.78, 5) is 1.44. The molecule has 1 aliphatic heterocycles. The van der Waals surface area contributed by atoms with Crippen molar-refractivity contribution < 1.29 is 4.74 Å². The molecule has 0 bridgehead atoms. The zero-order valence-corrected chi connectivity index (χ0v) is 12.0. The molecule has 0 aliphatic carbocycles. The van der Waals surface area contributed by atoms with Gasteiger partial charge in [-0.15, -0.1) is 11.3 Å². The van der Waals surface area contributed by atoms with Gasteiger partial charge in [0.15, 0.2) is 0 Å². The van der Waals surface area contributed by atoms with E-state index in [1.54, 1.807) is 0 Å². The normalized spacial score (nSPS) is 18.9. The topological polar surface area (TPSA) is 21.3 Å². The highest BCUT2D eigenvalue weighted by molar-refractivity contribution is 7.09. The van der Waals surface area contributed by atoms with Crippen molar-refractivity contribution in [3.63, 3.8) is 0 Å². The van der Waals surface area contributed by atoms with Gasteiger partial charge in [0.25, 0.3) is 0 Å². The van der Waals surface area contributed by atoms with E-state index in [0.717, 1.165) is 25.1 Å². The molecule has 2 atom stereocenters. The predicted octanol–water partition coefficient (Wildman–Crippen LogP) is 3.27. The van der Waals surface area contributed by atoms with E-state index in [9.17, 15) is 0 Å². The van der Waals surface area contributed by atoms with Gasteiger partial charge in [0.2, 0.25) is 0 Å². The van der Waals surface area contributed by atoms with Crippen LogP contribution in [-0.4, -0.2) is 18.7 Å². The number of ether oxygens (including phenoxy) is 1. The highest BCUT2D eigenvalue weighted by atomic mass is 32.1. The minimum absolute atomic E-state index is 0.281. The van der Waals surface area contributed by atoms with Crippen LogP contribution in [0.4, 0.5) is 0 Å². The Morgan fingerprint density at radius 1 is 1.32 bits per heavy atom. The van der Waals surface area contributed by atoms with Crippen LogP contribution in [0, 0.1) is 0 Å². The third kappa shape index (κ3) is 3.17. The van der Waals surface area contributed by atoms with Crippen molar-refractivity contribution in [2.24, 2.45) is 0 Å². The lowest BCUT2D eigenvalue weighted by Crippen LogP contribution is -2.36. The van der Waals surface area contributed by atoms with Crippen molar-refractivity contribution in [3.05, 3.63) is 52.2 Å². The van der Waals surface area contributed by atoms with Crippen molar-refractivity contribution in [1.29, 1.82) is 0 Å². The second-order valence-electron chi connectivity index (χ2n) is 5.14. The molecule has 0 saturated carbocycles. The van der Waals surface area contributed by atoms with Crippen molar-refractivity contribution in [1.82, 2.24) is 5.32 Å². The smallest absolute Gasteiger partial charge is 0.123 e. The van der Waals surface area contributed by atoms with E-state index in [4.69, 9.17) is 4.74 Å². The van der Waals surface area contributed by atoms with Gasteiger partial charge in [0, 0.05) is 23.9 Å². The Labute approximate surface area is 118 Å². The molecule has 2 heterocycles. The average Bonchev–Trinajstić information content (AvgIpc) is 3.04. The van der Waals surface area contributed by atoms with Gasteiger partial charge in [0.05, 0.1) is 0 Å². The van der Waals surface area contributed by atoms with Crippen LogP contribution >= 0.6 is 11.3 Å². The summed E-state index contributed by atoms with van der Waals surface area (Å²) in [5.41, 5.74) is 1.33. The van der Waals surface area contributed by atoms with Crippen molar-refractivity contribution in [3.8, 4) is 5.75 Å². The minimum atomic E-state index is 0.281. The van der Waals surface area contributed by atoms with Gasteiger partial charge in [-0.1, -0.05) is 24.3 Å². The molecule has 3 rings (SSSR count). The van der Waals surface area contributed by atoms with Crippen LogP contribution in [0.1, 0.15) is 17.4 Å². The molecule has 0 amide bonds. The molecule has 0 saturated heterocycles. The number of rotatable bonds is 5. The lowest BCUT2D eigenvalue weighted by molar-refractivity contribution is 0.222. The molecule has 2 unspecified atom stereocenters. The minimum Gasteiger partial charge on any atom is -0.488 e. The monoisotopic (exact) mass is 273 g/mol. The first-order valence-corrected chi connectivity index (χ1v) is 7.69. The fraction of sp³-hybridized carbons (Fsp3) is 0.375. The van der Waals surface area contributed by atoms with Gasteiger partial charge in [-0.05, 0) is 36.4 Å². The lowest BCUT2D eigenvalue weighted by Gasteiger charge is -2.16. The number of hydrogen-bond donors (Lipinski definition) is 1. The molecule has 0 radical (unpaired) electrons. The summed E-state index contributed by atoms with van der Waals surface area (Å²) in [6.45, 7) is 3.16. The number of fused-ring (bicyclic) bond motifs is 1. The Kier molecular flexibility index (Phi) is 3.85. The van der Waals surface area contributed by atoms with Gasteiger partial charge in [-0.2, -0.15) is 0 Å². The second kappa shape index (κ2) is 5.76. The zero-order valence-electron chi connectivity index (χ0n) is 11.1. The maximum absolute atomic E-state index is 5.93. The molecule has 1 aromatic carbocycles. The predicted molar refractivity (Wildman–Crippen MR) is 80.0 cm³/mol. The van der Waals surface area contributed by atoms with Crippen molar-refractivity contribution in [2.45, 2.75) is 31.9 Å². The van der Waals surface area contributed by atoms with Gasteiger partial charge >= 0.3 is 0 Å². The summed E-state index contributed by atoms with van der Waals surface area (Å²) in [7, 11) is 0. The van der Waals surface area contributed by atoms with Crippen LogP contribution in [0.3, 0.4) is 0 Å². The third-order valence-electron chi connectivity index (χ3n) is 3.50. The lowest BCUT2D eigenvalue weighted by atomic mass is 10.1. The second-order valence-corrected chi connectivity index (χ2v) is 6.18. The fourth-order valence-electron chi connectivity index (χ4n) is 2.50. The summed E-state index contributed by atoms with van der Waals surface area (Å²) in [5, 5.41) is 5.72. The SMILES string of the molecule is CC(Cc1cccs1)NCC1Cc2ccccc2O1. The number of para-hydroxylation sites is 1. The third-order valence-corrected chi connectivity index (χ3v) is 4.39. The summed E-state index contributed by atoms with van der Waals surface area (Å²) in [5.74, 6) is 1.06. The van der Waals surface area contributed by atoms with Gasteiger partial charge in [-0.3, -0.25) is 0 Å². The summed E-state index contributed by atoms with van der Waals surface area (Å²) < 4.78 is 5.93. The van der Waals surface area contributed by atoms with Gasteiger partial charge in [-0.25, -0.2) is 0 Å². The molecule has 19 heavy (non-hydrogen) atoms. The summed E-state index contributed by atoms with van der Waals surface area (Å²) in [6.07, 6.45) is 2.40. The first-order valence-electron chi connectivity index (χ1n) is 6.81. The van der Waals surface area contributed by atoms with Crippen LogP contribution in [0.2, 0.25) is 0 Å². The average molecular weight is 273 g/mol. The van der Waals surface area contributed by atoms with Crippen LogP contribution in [0.25, 0.3) is 0 Å². The van der Waals surface area contributed by atoms with Crippen LogP contribution in [0.15, 0.2) is 41.8 Å². The Hall–Kier alpha value is -1.32. The van der Waals surface area contributed by atoms with E-state index >= 15 is 0 Å². The highest BCUT2D eigenvalue weighted by Crippen LogP contribution is 2.27. The first-order chi connectivity index (χ1) is 9.31.